The molecule has 2 N–H and O–H groups in total. The van der Waals surface area contributed by atoms with Gasteiger partial charge in [0.1, 0.15) is 6.79 Å². The Morgan fingerprint density at radius 2 is 0.627 bits per heavy atom. The summed E-state index contributed by atoms with van der Waals surface area (Å²) < 4.78 is 0. The minimum atomic E-state index is 0. The fourth-order valence-corrected chi connectivity index (χ4v) is 4.31. The van der Waals surface area contributed by atoms with Crippen molar-refractivity contribution in [3.8, 4) is 0 Å². The number of hydrogen-bond donors (Lipinski definition) is 2. The van der Waals surface area contributed by atoms with Crippen molar-refractivity contribution in [1.29, 1.82) is 0 Å². The van der Waals surface area contributed by atoms with Crippen LogP contribution < -0.4 is 0 Å². The smallest absolute Gasteiger partial charge is 0.355 e. The van der Waals surface area contributed by atoms with Gasteiger partial charge >= 0.3 is 19.5 Å². The van der Waals surface area contributed by atoms with Gasteiger partial charge in [-0.3, -0.25) is 0 Å². The molecular weight excluding hydrogens is 714 g/mol. The molecule has 6 heteroatoms. The Hall–Kier alpha value is -6.23. The zero-order chi connectivity index (χ0) is 34.9. The second-order valence-corrected chi connectivity index (χ2v) is 10.2. The molecule has 5 heterocycles. The topological polar surface area (TPSA) is 74.4 Å². The SMILES string of the molecule is C1=Cc2cc3ccc(cc4ccc(cc5nc(cc1n2)C=C5)[nH]4)[nH]3.C=O.[Ru+4].[c-]1ccccc1.[c-]1ccccc1.[c-]1ccccc1.[c-]1ccccc1. The number of nitrogens with zero attached hydrogens (tertiary/aromatic N) is 2. The maximum atomic E-state index is 8.00. The molecule has 0 aliphatic carbocycles. The Bertz CT molecular complexity index is 1820. The minimum Gasteiger partial charge on any atom is -0.355 e. The number of carbonyl (C=O) groups excluding carboxylic acids is 1. The van der Waals surface area contributed by atoms with Crippen LogP contribution in [-0.2, 0) is 24.3 Å². The Labute approximate surface area is 312 Å². The van der Waals surface area contributed by atoms with E-state index >= 15 is 0 Å². The van der Waals surface area contributed by atoms with Gasteiger partial charge < -0.3 is 14.8 Å². The average Bonchev–Trinajstić information content (AvgIpc) is 4.04. The summed E-state index contributed by atoms with van der Waals surface area (Å²) in [6, 6.07) is 66.4. The van der Waals surface area contributed by atoms with Crippen molar-refractivity contribution in [3.05, 3.63) is 217 Å². The number of aromatic nitrogens is 4. The summed E-state index contributed by atoms with van der Waals surface area (Å²) in [5.74, 6) is 0. The van der Waals surface area contributed by atoms with Gasteiger partial charge in [0.05, 0.1) is 22.8 Å². The van der Waals surface area contributed by atoms with Gasteiger partial charge in [-0.2, -0.15) is 146 Å². The van der Waals surface area contributed by atoms with E-state index in [0.717, 1.165) is 44.8 Å². The summed E-state index contributed by atoms with van der Waals surface area (Å²) in [4.78, 5) is 24.0. The van der Waals surface area contributed by atoms with Crippen LogP contribution in [0, 0.1) is 24.3 Å². The van der Waals surface area contributed by atoms with Crippen LogP contribution in [0.1, 0.15) is 22.8 Å². The van der Waals surface area contributed by atoms with Gasteiger partial charge in [0.15, 0.2) is 0 Å². The summed E-state index contributed by atoms with van der Waals surface area (Å²) in [5.41, 5.74) is 7.86. The number of hydrogen-bond acceptors (Lipinski definition) is 3. The predicted octanol–water partition coefficient (Wildman–Crippen LogP) is 10.4. The molecule has 0 unspecified atom stereocenters. The predicted molar refractivity (Wildman–Crippen MR) is 207 cm³/mol. The minimum absolute atomic E-state index is 0. The zero-order valence-electron chi connectivity index (χ0n) is 27.8. The van der Waals surface area contributed by atoms with E-state index < -0.39 is 0 Å². The molecule has 4 aromatic carbocycles. The molecule has 2 aliphatic heterocycles. The van der Waals surface area contributed by atoms with Crippen LogP contribution in [-0.4, -0.2) is 26.7 Å². The van der Waals surface area contributed by atoms with Gasteiger partial charge in [-0.1, -0.05) is 0 Å². The third kappa shape index (κ3) is 15.7. The molecule has 7 aromatic rings. The maximum absolute atomic E-state index is 8.00. The third-order valence-corrected chi connectivity index (χ3v) is 6.47. The number of rotatable bonds is 0. The zero-order valence-corrected chi connectivity index (χ0v) is 29.6. The number of aromatic amines is 2. The van der Waals surface area contributed by atoms with E-state index in [-0.39, 0.29) is 19.5 Å². The van der Waals surface area contributed by atoms with E-state index in [4.69, 9.17) is 4.79 Å². The maximum Gasteiger partial charge on any atom is 4.00 e. The van der Waals surface area contributed by atoms with E-state index in [1.54, 1.807) is 0 Å². The van der Waals surface area contributed by atoms with Crippen molar-refractivity contribution in [2.45, 2.75) is 0 Å². The summed E-state index contributed by atoms with van der Waals surface area (Å²) in [6.07, 6.45) is 8.05. The van der Waals surface area contributed by atoms with E-state index in [0.29, 0.717) is 0 Å². The van der Waals surface area contributed by atoms with E-state index in [1.165, 1.54) is 0 Å². The Balaban J connectivity index is 0.000000211. The standard InChI is InChI=1S/C20H14N4.4C6H5.CH2O.Ru/c1-2-14-10-16-5-6-18(23-16)12-20-8-7-19(24-20)11-17-4-3-15(22-17)9-13(1)21-14;4*1-2-4-6-5-3-1;1-2;/h1-12,21-22H;4*1-5H;1H2;/q;4*-1;;+4. The van der Waals surface area contributed by atoms with Gasteiger partial charge in [-0.05, 0) is 72.8 Å². The van der Waals surface area contributed by atoms with Gasteiger partial charge in [-0.25, -0.2) is 9.97 Å². The quantitative estimate of drug-likeness (QED) is 0.120. The van der Waals surface area contributed by atoms with E-state index in [2.05, 4.69) is 74.5 Å². The molecule has 0 radical (unpaired) electrons. The molecule has 3 aromatic heterocycles. The van der Waals surface area contributed by atoms with E-state index in [9.17, 15) is 0 Å². The molecule has 0 saturated heterocycles. The molecule has 8 bridgehead atoms. The second kappa shape index (κ2) is 24.0. The molecule has 51 heavy (non-hydrogen) atoms. The fourth-order valence-electron chi connectivity index (χ4n) is 4.31. The van der Waals surface area contributed by atoms with Crippen molar-refractivity contribution in [1.82, 2.24) is 19.9 Å². The Morgan fingerprint density at radius 1 is 0.373 bits per heavy atom. The molecule has 0 fully saturated rings. The van der Waals surface area contributed by atoms with Crippen LogP contribution >= 0.6 is 0 Å². The average molecular weight is 750 g/mol. The van der Waals surface area contributed by atoms with Crippen molar-refractivity contribution >= 4 is 53.2 Å². The van der Waals surface area contributed by atoms with Crippen molar-refractivity contribution < 1.29 is 24.3 Å². The third-order valence-electron chi connectivity index (χ3n) is 6.47. The van der Waals surface area contributed by atoms with Gasteiger partial charge in [-0.15, -0.1) is 0 Å². The molecule has 9 rings (SSSR count). The summed E-state index contributed by atoms with van der Waals surface area (Å²) >= 11 is 0. The Morgan fingerprint density at radius 3 is 0.863 bits per heavy atom. The normalized spacial score (nSPS) is 9.80. The van der Waals surface area contributed by atoms with Crippen molar-refractivity contribution in [3.63, 3.8) is 0 Å². The first kappa shape index (κ1) is 39.2. The molecule has 5 nitrogen and oxygen atoms in total. The number of nitrogens with one attached hydrogen (secondary N) is 2. The second-order valence-electron chi connectivity index (χ2n) is 10.2. The molecule has 0 spiro atoms. The monoisotopic (exact) mass is 750 g/mol. The first-order valence-electron chi connectivity index (χ1n) is 15.8. The first-order valence-corrected chi connectivity index (χ1v) is 15.8. The number of fused-ring (bicyclic) bond motifs is 8. The summed E-state index contributed by atoms with van der Waals surface area (Å²) in [7, 11) is 0. The van der Waals surface area contributed by atoms with Crippen LogP contribution in [0.3, 0.4) is 0 Å². The first-order chi connectivity index (χ1) is 24.8. The molecule has 2 aliphatic rings. The summed E-state index contributed by atoms with van der Waals surface area (Å²) in [5, 5.41) is 0. The van der Waals surface area contributed by atoms with Crippen LogP contribution in [0.2, 0.25) is 0 Å². The largest absolute Gasteiger partial charge is 4.00 e. The number of carbonyl (C=O) groups is 1. The van der Waals surface area contributed by atoms with Crippen LogP contribution in [0.25, 0.3) is 46.4 Å². The molecule has 0 atom stereocenters. The van der Waals surface area contributed by atoms with E-state index in [1.807, 2.05) is 171 Å². The molecule has 0 amide bonds. The van der Waals surface area contributed by atoms with Crippen LogP contribution in [0.5, 0.6) is 0 Å². The van der Waals surface area contributed by atoms with Gasteiger partial charge in [0.25, 0.3) is 0 Å². The molecule has 250 valence electrons. The van der Waals surface area contributed by atoms with Gasteiger partial charge in [0.2, 0.25) is 0 Å². The number of H-pyrrole nitrogens is 2. The van der Waals surface area contributed by atoms with Crippen LogP contribution in [0.4, 0.5) is 0 Å². The fraction of sp³-hybridized carbons (Fsp3) is 0. The number of benzene rings is 4. The van der Waals surface area contributed by atoms with Gasteiger partial charge in [0, 0.05) is 22.1 Å². The summed E-state index contributed by atoms with van der Waals surface area (Å²) in [6.45, 7) is 2.00. The van der Waals surface area contributed by atoms with Crippen LogP contribution in [0.15, 0.2) is 170 Å². The molecule has 0 saturated carbocycles. The molecular formula is C45H36N4ORu. The Kier molecular flexibility index (Phi) is 18.4. The van der Waals surface area contributed by atoms with Crippen molar-refractivity contribution in [2.24, 2.45) is 0 Å². The van der Waals surface area contributed by atoms with Crippen molar-refractivity contribution in [2.75, 3.05) is 0 Å².